The third kappa shape index (κ3) is 7.57. The van der Waals surface area contributed by atoms with Crippen molar-refractivity contribution in [2.45, 2.75) is 11.1 Å². The average Bonchev–Trinajstić information content (AvgIpc) is 3.25. The minimum Gasteiger partial charge on any atom is -0.547 e. The number of nitrogens with zero attached hydrogens (tertiary/aromatic N) is 2. The van der Waals surface area contributed by atoms with E-state index >= 15 is 0 Å². The molecule has 0 aliphatic carbocycles. The van der Waals surface area contributed by atoms with E-state index in [4.69, 9.17) is 9.98 Å². The first-order chi connectivity index (χ1) is 26.4. The Hall–Kier alpha value is -6.67. The number of aliphatic carboxylic acids is 2. The summed E-state index contributed by atoms with van der Waals surface area (Å²) in [5.74, 6) is -2.50. The fourth-order valence-electron chi connectivity index (χ4n) is 6.59. The minimum atomic E-state index is -1.57. The molecule has 270 valence electrons. The van der Waals surface area contributed by atoms with Crippen molar-refractivity contribution in [2.24, 2.45) is 9.98 Å². The molecule has 8 nitrogen and oxygen atoms in total. The summed E-state index contributed by atoms with van der Waals surface area (Å²) in [6.45, 7) is 0. The number of aliphatic imine (C=N–C) groups is 2. The molecule has 55 heavy (non-hydrogen) atoms. The first-order valence-electron chi connectivity index (χ1n) is 17.3. The number of carboxylic acids is 2. The third-order valence-corrected chi connectivity index (χ3v) is 9.29. The molecule has 0 spiro atoms. The van der Waals surface area contributed by atoms with Gasteiger partial charge in [0.25, 0.3) is 0 Å². The number of hydrogen-bond donors (Lipinski definition) is 2. The third-order valence-electron chi connectivity index (χ3n) is 9.29. The Morgan fingerprint density at radius 1 is 0.400 bits per heavy atom. The van der Waals surface area contributed by atoms with Crippen LogP contribution in [-0.2, 0) is 40.8 Å². The number of rotatable bonds is 8. The maximum atomic E-state index is 12.4. The maximum absolute atomic E-state index is 12.4. The van der Waals surface area contributed by atoms with E-state index in [9.17, 15) is 19.8 Å². The molecule has 8 rings (SSSR count). The zero-order valence-electron chi connectivity index (χ0n) is 29.3. The number of hydrogen-bond acceptors (Lipinski definition) is 8. The van der Waals surface area contributed by atoms with Crippen molar-refractivity contribution in [2.75, 3.05) is 0 Å². The van der Waals surface area contributed by atoms with Gasteiger partial charge in [-0.15, -0.1) is 0 Å². The number of nitrogens with one attached hydrogen (secondary N) is 2. The van der Waals surface area contributed by atoms with E-state index in [1.807, 2.05) is 133 Å². The van der Waals surface area contributed by atoms with E-state index in [0.29, 0.717) is 33.9 Å². The molecule has 2 heterocycles. The van der Waals surface area contributed by atoms with Crippen LogP contribution in [-0.4, -0.2) is 23.4 Å². The topological polar surface area (TPSA) is 129 Å². The molecule has 9 heteroatoms. The Kier molecular flexibility index (Phi) is 11.8. The van der Waals surface area contributed by atoms with Crippen molar-refractivity contribution in [1.29, 1.82) is 0 Å². The number of benzene rings is 6. The van der Waals surface area contributed by atoms with Crippen molar-refractivity contribution in [3.05, 3.63) is 228 Å². The molecule has 2 aliphatic rings. The fraction of sp³-hybridized carbons (Fsp3) is 0.0435. The van der Waals surface area contributed by atoms with E-state index in [1.165, 1.54) is 0 Å². The van der Waals surface area contributed by atoms with Crippen LogP contribution < -0.4 is 20.8 Å². The molecule has 2 aliphatic heterocycles. The molecule has 6 aromatic rings. The fourth-order valence-corrected chi connectivity index (χ4v) is 6.59. The Bertz CT molecular complexity index is 2200. The Labute approximate surface area is 332 Å². The quantitative estimate of drug-likeness (QED) is 0.210. The van der Waals surface area contributed by atoms with Gasteiger partial charge in [0, 0.05) is 23.5 Å². The van der Waals surface area contributed by atoms with Crippen molar-refractivity contribution in [3.63, 3.8) is 0 Å². The second-order valence-electron chi connectivity index (χ2n) is 12.5. The van der Waals surface area contributed by atoms with Gasteiger partial charge in [-0.3, -0.25) is 0 Å². The van der Waals surface area contributed by atoms with E-state index in [2.05, 4.69) is 10.6 Å². The zero-order chi connectivity index (χ0) is 37.4. The molecule has 2 atom stereocenters. The normalized spacial score (nSPS) is 18.5. The summed E-state index contributed by atoms with van der Waals surface area (Å²) in [5, 5.41) is 31.0. The van der Waals surface area contributed by atoms with Crippen LogP contribution in [0.25, 0.3) is 11.4 Å². The maximum Gasteiger partial charge on any atom is 3.00 e. The summed E-state index contributed by atoms with van der Waals surface area (Å²) < 4.78 is 0. The number of carbonyl (C=O) groups excluding carboxylic acids is 2. The SMILES string of the molecule is O=C([O-])C1(c2ccccc2)NC=C(c2ccccc2)N=C1c1ccccc1.O=C([O-])C1(c2ccccc2)NC=C(c2ccccc2)N=C1c1ccccc1.[Ir+3]. The zero-order valence-corrected chi connectivity index (χ0v) is 31.7. The van der Waals surface area contributed by atoms with Crippen LogP contribution >= 0.6 is 0 Å². The molecular formula is C46H34IrN4O4+. The van der Waals surface area contributed by atoms with Gasteiger partial charge >= 0.3 is 20.1 Å². The largest absolute Gasteiger partial charge is 3.00 e. The van der Waals surface area contributed by atoms with Crippen molar-refractivity contribution >= 4 is 34.8 Å². The molecule has 0 aromatic heterocycles. The van der Waals surface area contributed by atoms with Crippen LogP contribution in [0.3, 0.4) is 0 Å². The average molecular weight is 899 g/mol. The summed E-state index contributed by atoms with van der Waals surface area (Å²) in [5.41, 5.74) is 3.38. The number of carboxylic acid groups (broad SMARTS) is 2. The minimum absolute atomic E-state index is 0. The Balaban J connectivity index is 0.000000184. The molecule has 0 saturated heterocycles. The summed E-state index contributed by atoms with van der Waals surface area (Å²) >= 11 is 0. The first-order valence-corrected chi connectivity index (χ1v) is 17.3. The molecule has 2 N–H and O–H groups in total. The van der Waals surface area contributed by atoms with E-state index in [-0.39, 0.29) is 20.1 Å². The first kappa shape index (κ1) is 38.1. The van der Waals surface area contributed by atoms with Crippen molar-refractivity contribution in [1.82, 2.24) is 10.6 Å². The van der Waals surface area contributed by atoms with Crippen LogP contribution in [0.15, 0.2) is 204 Å². The number of carbonyl (C=O) groups is 2. The van der Waals surface area contributed by atoms with Gasteiger partial charge in [0.05, 0.1) is 34.8 Å². The second kappa shape index (κ2) is 17.0. The molecule has 0 saturated carbocycles. The summed E-state index contributed by atoms with van der Waals surface area (Å²) in [6.07, 6.45) is 3.29. The van der Waals surface area contributed by atoms with Gasteiger partial charge in [-0.05, 0) is 22.3 Å². The van der Waals surface area contributed by atoms with Gasteiger partial charge in [-0.2, -0.15) is 0 Å². The van der Waals surface area contributed by atoms with Crippen LogP contribution in [0.5, 0.6) is 0 Å². The Morgan fingerprint density at radius 2 is 0.655 bits per heavy atom. The van der Waals surface area contributed by atoms with Gasteiger partial charge < -0.3 is 30.4 Å². The van der Waals surface area contributed by atoms with E-state index in [0.717, 1.165) is 22.3 Å². The smallest absolute Gasteiger partial charge is 0.547 e. The van der Waals surface area contributed by atoms with E-state index in [1.54, 1.807) is 60.9 Å². The summed E-state index contributed by atoms with van der Waals surface area (Å²) in [4.78, 5) is 34.4. The molecule has 0 bridgehead atoms. The molecule has 0 amide bonds. The van der Waals surface area contributed by atoms with Crippen LogP contribution in [0.4, 0.5) is 0 Å². The van der Waals surface area contributed by atoms with E-state index < -0.39 is 23.0 Å². The van der Waals surface area contributed by atoms with Gasteiger partial charge in [-0.1, -0.05) is 182 Å². The van der Waals surface area contributed by atoms with Gasteiger partial charge in [0.2, 0.25) is 0 Å². The standard InChI is InChI=1S/2C23H18N2O2.Ir/c2*26-22(27)23(19-14-8-3-9-15-19)21(18-12-6-2-7-13-18)25-20(16-24-23)17-10-4-1-5-11-17;/h2*1-16,24H,(H,26,27);/q;;+3/p-2. The van der Waals surface area contributed by atoms with Gasteiger partial charge in [0.15, 0.2) is 0 Å². The Morgan fingerprint density at radius 3 is 0.927 bits per heavy atom. The molecule has 0 fully saturated rings. The van der Waals surface area contributed by atoms with Gasteiger partial charge in [0.1, 0.15) is 11.1 Å². The molecule has 0 radical (unpaired) electrons. The van der Waals surface area contributed by atoms with Crippen LogP contribution in [0.2, 0.25) is 0 Å². The van der Waals surface area contributed by atoms with Crippen molar-refractivity contribution < 1.29 is 39.9 Å². The summed E-state index contributed by atoms with van der Waals surface area (Å²) in [7, 11) is 0. The molecular weight excluding hydrogens is 865 g/mol. The van der Waals surface area contributed by atoms with Crippen LogP contribution in [0.1, 0.15) is 33.4 Å². The van der Waals surface area contributed by atoms with Gasteiger partial charge in [-0.25, -0.2) is 9.98 Å². The summed E-state index contributed by atoms with van der Waals surface area (Å²) in [6, 6.07) is 55.9. The van der Waals surface area contributed by atoms with Crippen LogP contribution in [0, 0.1) is 0 Å². The molecule has 2 unspecified atom stereocenters. The van der Waals surface area contributed by atoms with Crippen molar-refractivity contribution in [3.8, 4) is 0 Å². The molecule has 6 aromatic carbocycles. The monoisotopic (exact) mass is 899 g/mol. The second-order valence-corrected chi connectivity index (χ2v) is 12.5. The predicted octanol–water partition coefficient (Wildman–Crippen LogP) is 5.44. The predicted molar refractivity (Wildman–Crippen MR) is 207 cm³/mol.